The SMILES string of the molecule is COc1nn(C)cc1C(=O)Nc1cc(Br)cnc1N1CCN(C(=O)OC(C)(C)C)CC1. The molecule has 10 nitrogen and oxygen atoms in total. The largest absolute Gasteiger partial charge is 0.479 e. The van der Waals surface area contributed by atoms with Crippen LogP contribution in [0.1, 0.15) is 31.1 Å². The number of rotatable bonds is 4. The first-order valence-corrected chi connectivity index (χ1v) is 10.6. The van der Waals surface area contributed by atoms with Gasteiger partial charge in [0.2, 0.25) is 5.88 Å². The first-order valence-electron chi connectivity index (χ1n) is 9.85. The number of nitrogens with zero attached hydrogens (tertiary/aromatic N) is 5. The monoisotopic (exact) mass is 494 g/mol. The average molecular weight is 495 g/mol. The Kier molecular flexibility index (Phi) is 6.73. The molecule has 1 aliphatic heterocycles. The van der Waals surface area contributed by atoms with Gasteiger partial charge in [0.15, 0.2) is 5.82 Å². The third-order valence-corrected chi connectivity index (χ3v) is 4.98. The Morgan fingerprint density at radius 3 is 2.48 bits per heavy atom. The van der Waals surface area contributed by atoms with E-state index < -0.39 is 5.60 Å². The Morgan fingerprint density at radius 1 is 1.19 bits per heavy atom. The molecule has 0 spiro atoms. The number of hydrogen-bond donors (Lipinski definition) is 1. The van der Waals surface area contributed by atoms with Gasteiger partial charge in [-0.05, 0) is 42.8 Å². The van der Waals surface area contributed by atoms with E-state index >= 15 is 0 Å². The minimum atomic E-state index is -0.535. The summed E-state index contributed by atoms with van der Waals surface area (Å²) in [4.78, 5) is 33.4. The normalized spacial score (nSPS) is 14.4. The predicted octanol–water partition coefficient (Wildman–Crippen LogP) is 2.90. The van der Waals surface area contributed by atoms with E-state index in [0.717, 1.165) is 4.47 Å². The molecule has 3 rings (SSSR count). The van der Waals surface area contributed by atoms with Crippen LogP contribution >= 0.6 is 15.9 Å². The van der Waals surface area contributed by atoms with Crippen LogP contribution in [0.25, 0.3) is 0 Å². The Bertz CT molecular complexity index is 963. The minimum Gasteiger partial charge on any atom is -0.479 e. The molecule has 0 bridgehead atoms. The van der Waals surface area contributed by atoms with Crippen LogP contribution < -0.4 is 15.0 Å². The van der Waals surface area contributed by atoms with Gasteiger partial charge >= 0.3 is 6.09 Å². The van der Waals surface area contributed by atoms with E-state index in [2.05, 4.69) is 31.3 Å². The summed E-state index contributed by atoms with van der Waals surface area (Å²) in [6.07, 6.45) is 2.95. The van der Waals surface area contributed by atoms with Crippen molar-refractivity contribution in [3.63, 3.8) is 0 Å². The van der Waals surface area contributed by atoms with Gasteiger partial charge in [0.05, 0.1) is 12.8 Å². The number of methoxy groups -OCH3 is 1. The van der Waals surface area contributed by atoms with Gasteiger partial charge in [-0.15, -0.1) is 5.10 Å². The van der Waals surface area contributed by atoms with Gasteiger partial charge in [-0.2, -0.15) is 0 Å². The van der Waals surface area contributed by atoms with Crippen LogP contribution in [-0.2, 0) is 11.8 Å². The molecule has 0 atom stereocenters. The van der Waals surface area contributed by atoms with Crippen LogP contribution in [0.5, 0.6) is 5.88 Å². The first kappa shape index (κ1) is 22.9. The smallest absolute Gasteiger partial charge is 0.410 e. The van der Waals surface area contributed by atoms with Crippen molar-refractivity contribution in [3.8, 4) is 5.88 Å². The lowest BCUT2D eigenvalue weighted by atomic mass is 10.2. The van der Waals surface area contributed by atoms with Crippen LogP contribution in [-0.4, -0.2) is 70.6 Å². The molecule has 0 saturated carbocycles. The molecule has 168 valence electrons. The van der Waals surface area contributed by atoms with Crippen molar-refractivity contribution in [1.29, 1.82) is 0 Å². The van der Waals surface area contributed by atoms with Crippen LogP contribution in [0.2, 0.25) is 0 Å². The Hall–Kier alpha value is -2.82. The van der Waals surface area contributed by atoms with E-state index in [-0.39, 0.29) is 17.9 Å². The van der Waals surface area contributed by atoms with Crippen LogP contribution in [0.15, 0.2) is 22.9 Å². The third kappa shape index (κ3) is 5.66. The molecular weight excluding hydrogens is 468 g/mol. The van der Waals surface area contributed by atoms with Gasteiger partial charge in [0.25, 0.3) is 5.91 Å². The summed E-state index contributed by atoms with van der Waals surface area (Å²) in [7, 11) is 3.19. The van der Waals surface area contributed by atoms with Crippen molar-refractivity contribution in [2.24, 2.45) is 7.05 Å². The number of carbonyl (C=O) groups excluding carboxylic acids is 2. The summed E-state index contributed by atoms with van der Waals surface area (Å²) >= 11 is 3.41. The first-order chi connectivity index (χ1) is 14.6. The van der Waals surface area contributed by atoms with Crippen molar-refractivity contribution in [3.05, 3.63) is 28.5 Å². The molecule has 1 aliphatic rings. The van der Waals surface area contributed by atoms with E-state index in [1.807, 2.05) is 25.7 Å². The number of halogens is 1. The van der Waals surface area contributed by atoms with E-state index in [9.17, 15) is 9.59 Å². The summed E-state index contributed by atoms with van der Waals surface area (Å²) in [6, 6.07) is 1.79. The zero-order valence-electron chi connectivity index (χ0n) is 18.3. The number of aryl methyl sites for hydroxylation is 1. The summed E-state index contributed by atoms with van der Waals surface area (Å²) in [5.74, 6) is 0.525. The summed E-state index contributed by atoms with van der Waals surface area (Å²) < 4.78 is 12.9. The third-order valence-electron chi connectivity index (χ3n) is 4.55. The van der Waals surface area contributed by atoms with Crippen molar-refractivity contribution in [2.75, 3.05) is 43.5 Å². The second-order valence-corrected chi connectivity index (χ2v) is 9.07. The van der Waals surface area contributed by atoms with Crippen molar-refractivity contribution >= 4 is 39.4 Å². The zero-order chi connectivity index (χ0) is 22.8. The molecule has 31 heavy (non-hydrogen) atoms. The number of ether oxygens (including phenoxy) is 2. The van der Waals surface area contributed by atoms with Gasteiger partial charge in [-0.3, -0.25) is 9.48 Å². The second-order valence-electron chi connectivity index (χ2n) is 8.16. The summed E-state index contributed by atoms with van der Waals surface area (Å²) in [5.41, 5.74) is 0.341. The molecule has 1 N–H and O–H groups in total. The van der Waals surface area contributed by atoms with Crippen LogP contribution in [0, 0.1) is 0 Å². The second kappa shape index (κ2) is 9.13. The molecule has 1 fully saturated rings. The van der Waals surface area contributed by atoms with Crippen molar-refractivity contribution in [1.82, 2.24) is 19.7 Å². The fourth-order valence-corrected chi connectivity index (χ4v) is 3.50. The maximum atomic E-state index is 12.9. The molecule has 2 aromatic rings. The highest BCUT2D eigenvalue weighted by molar-refractivity contribution is 9.10. The Labute approximate surface area is 189 Å². The molecule has 0 unspecified atom stereocenters. The average Bonchev–Trinajstić information content (AvgIpc) is 3.08. The fraction of sp³-hybridized carbons (Fsp3) is 0.500. The molecule has 2 amide bonds. The lowest BCUT2D eigenvalue weighted by Crippen LogP contribution is -2.50. The van der Waals surface area contributed by atoms with Gasteiger partial charge in [0, 0.05) is 50.1 Å². The minimum absolute atomic E-state index is 0.246. The fourth-order valence-electron chi connectivity index (χ4n) is 3.17. The van der Waals surface area contributed by atoms with Gasteiger partial charge in [-0.25, -0.2) is 9.78 Å². The number of hydrogen-bond acceptors (Lipinski definition) is 7. The van der Waals surface area contributed by atoms with Gasteiger partial charge in [-0.1, -0.05) is 0 Å². The number of carbonyl (C=O) groups is 2. The number of nitrogens with one attached hydrogen (secondary N) is 1. The van der Waals surface area contributed by atoms with E-state index in [1.54, 1.807) is 30.4 Å². The number of aromatic nitrogens is 3. The molecule has 0 aliphatic carbocycles. The van der Waals surface area contributed by atoms with Crippen molar-refractivity contribution < 1.29 is 19.1 Å². The highest BCUT2D eigenvalue weighted by Crippen LogP contribution is 2.29. The molecule has 2 aromatic heterocycles. The lowest BCUT2D eigenvalue weighted by Gasteiger charge is -2.36. The molecule has 1 saturated heterocycles. The predicted molar refractivity (Wildman–Crippen MR) is 120 cm³/mol. The van der Waals surface area contributed by atoms with E-state index in [1.165, 1.54) is 11.8 Å². The molecule has 0 aromatic carbocycles. The number of amides is 2. The summed E-state index contributed by atoms with van der Waals surface area (Å²) in [5, 5.41) is 7.03. The Balaban J connectivity index is 1.74. The molecule has 0 radical (unpaired) electrons. The molecule has 3 heterocycles. The van der Waals surface area contributed by atoms with Crippen molar-refractivity contribution in [2.45, 2.75) is 26.4 Å². The highest BCUT2D eigenvalue weighted by atomic mass is 79.9. The zero-order valence-corrected chi connectivity index (χ0v) is 19.9. The number of pyridine rings is 1. The Morgan fingerprint density at radius 2 is 1.87 bits per heavy atom. The topological polar surface area (TPSA) is 102 Å². The highest BCUT2D eigenvalue weighted by Gasteiger charge is 2.28. The molecular formula is C20H27BrN6O4. The number of anilines is 2. The van der Waals surface area contributed by atoms with Gasteiger partial charge < -0.3 is 24.6 Å². The van der Waals surface area contributed by atoms with E-state index in [4.69, 9.17) is 9.47 Å². The quantitative estimate of drug-likeness (QED) is 0.696. The van der Waals surface area contributed by atoms with Gasteiger partial charge in [0.1, 0.15) is 11.2 Å². The van der Waals surface area contributed by atoms with Crippen LogP contribution in [0.4, 0.5) is 16.3 Å². The summed E-state index contributed by atoms with van der Waals surface area (Å²) in [6.45, 7) is 7.66. The maximum absolute atomic E-state index is 12.9. The van der Waals surface area contributed by atoms with Crippen LogP contribution in [0.3, 0.4) is 0 Å². The lowest BCUT2D eigenvalue weighted by molar-refractivity contribution is 0.0240. The maximum Gasteiger partial charge on any atom is 0.410 e. The molecule has 11 heteroatoms. The standard InChI is InChI=1S/C20H27BrN6O4/c1-20(2,3)31-19(29)27-8-6-26(7-9-27)16-15(10-13(21)11-22-16)23-17(28)14-12-25(4)24-18(14)30-5/h10-12H,6-9H2,1-5H3,(H,23,28). The van der Waals surface area contributed by atoms with E-state index in [0.29, 0.717) is 43.2 Å². The number of piperazine rings is 1.